The van der Waals surface area contributed by atoms with E-state index in [0.29, 0.717) is 12.5 Å². The lowest BCUT2D eigenvalue weighted by Gasteiger charge is -2.01. The Labute approximate surface area is 75.2 Å². The van der Waals surface area contributed by atoms with Crippen molar-refractivity contribution in [2.45, 2.75) is 6.54 Å². The van der Waals surface area contributed by atoms with Gasteiger partial charge in [-0.05, 0) is 11.6 Å². The van der Waals surface area contributed by atoms with Crippen LogP contribution in [0.4, 0.5) is 5.95 Å². The summed E-state index contributed by atoms with van der Waals surface area (Å²) in [5.74, 6) is 0.420. The Balaban J connectivity index is 2.20. The summed E-state index contributed by atoms with van der Waals surface area (Å²) in [5, 5.41) is 3.96. The van der Waals surface area contributed by atoms with Gasteiger partial charge in [-0.15, -0.1) is 0 Å². The first-order chi connectivity index (χ1) is 6.36. The number of anilines is 1. The minimum atomic E-state index is 0.420. The van der Waals surface area contributed by atoms with E-state index in [2.05, 4.69) is 15.1 Å². The van der Waals surface area contributed by atoms with Crippen LogP contribution in [0.3, 0.4) is 0 Å². The van der Waals surface area contributed by atoms with Gasteiger partial charge in [0.05, 0.1) is 6.54 Å². The van der Waals surface area contributed by atoms with Crippen LogP contribution >= 0.6 is 0 Å². The summed E-state index contributed by atoms with van der Waals surface area (Å²) < 4.78 is 1.62. The normalized spacial score (nSPS) is 10.2. The van der Waals surface area contributed by atoms with Crippen LogP contribution in [0.1, 0.15) is 5.56 Å². The third kappa shape index (κ3) is 1.64. The highest BCUT2D eigenvalue weighted by Gasteiger charge is 1.99. The molecule has 2 rings (SSSR count). The van der Waals surface area contributed by atoms with Crippen molar-refractivity contribution in [3.8, 4) is 0 Å². The number of rotatable bonds is 2. The monoisotopic (exact) mass is 175 g/mol. The Morgan fingerprint density at radius 2 is 2.38 bits per heavy atom. The van der Waals surface area contributed by atoms with E-state index in [4.69, 9.17) is 5.73 Å². The molecular weight excluding hydrogens is 166 g/mol. The molecule has 0 saturated heterocycles. The van der Waals surface area contributed by atoms with Crippen molar-refractivity contribution in [3.05, 3.63) is 36.4 Å². The highest BCUT2D eigenvalue weighted by Crippen LogP contribution is 2.01. The summed E-state index contributed by atoms with van der Waals surface area (Å²) in [6, 6.07) is 3.84. The van der Waals surface area contributed by atoms with Crippen LogP contribution in [0.2, 0.25) is 0 Å². The summed E-state index contributed by atoms with van der Waals surface area (Å²) in [6.45, 7) is 0.611. The minimum absolute atomic E-state index is 0.420. The molecule has 2 aromatic heterocycles. The highest BCUT2D eigenvalue weighted by atomic mass is 15.4. The molecule has 5 nitrogen and oxygen atoms in total. The van der Waals surface area contributed by atoms with Gasteiger partial charge < -0.3 is 5.73 Å². The van der Waals surface area contributed by atoms with E-state index in [0.717, 1.165) is 5.56 Å². The van der Waals surface area contributed by atoms with Crippen LogP contribution in [-0.2, 0) is 6.54 Å². The molecule has 0 aliphatic rings. The van der Waals surface area contributed by atoms with Crippen molar-refractivity contribution in [2.24, 2.45) is 0 Å². The maximum Gasteiger partial charge on any atom is 0.218 e. The van der Waals surface area contributed by atoms with Crippen LogP contribution in [0.25, 0.3) is 0 Å². The van der Waals surface area contributed by atoms with E-state index in [9.17, 15) is 0 Å². The number of nitrogen functional groups attached to an aromatic ring is 1. The molecule has 0 atom stereocenters. The van der Waals surface area contributed by atoms with E-state index in [1.807, 2.05) is 12.1 Å². The number of hydrogen-bond donors (Lipinski definition) is 1. The van der Waals surface area contributed by atoms with Crippen molar-refractivity contribution < 1.29 is 0 Å². The maximum absolute atomic E-state index is 5.56. The lowest BCUT2D eigenvalue weighted by Crippen LogP contribution is -2.06. The average Bonchev–Trinajstić information content (AvgIpc) is 2.54. The van der Waals surface area contributed by atoms with E-state index in [1.165, 1.54) is 6.33 Å². The number of aromatic nitrogens is 4. The van der Waals surface area contributed by atoms with Gasteiger partial charge >= 0.3 is 0 Å². The number of nitrogens with zero attached hydrogens (tertiary/aromatic N) is 4. The minimum Gasteiger partial charge on any atom is -0.368 e. The van der Waals surface area contributed by atoms with Gasteiger partial charge in [-0.1, -0.05) is 6.07 Å². The zero-order valence-electron chi connectivity index (χ0n) is 6.96. The van der Waals surface area contributed by atoms with Crippen LogP contribution in [0, 0.1) is 0 Å². The van der Waals surface area contributed by atoms with Crippen molar-refractivity contribution in [1.82, 2.24) is 19.7 Å². The topological polar surface area (TPSA) is 69.6 Å². The first-order valence-corrected chi connectivity index (χ1v) is 3.88. The Bertz CT molecular complexity index is 380. The first kappa shape index (κ1) is 7.72. The molecule has 0 fully saturated rings. The van der Waals surface area contributed by atoms with E-state index < -0.39 is 0 Å². The maximum atomic E-state index is 5.56. The zero-order chi connectivity index (χ0) is 9.10. The molecule has 2 heterocycles. The van der Waals surface area contributed by atoms with Crippen LogP contribution < -0.4 is 5.73 Å². The van der Waals surface area contributed by atoms with Gasteiger partial charge in [-0.3, -0.25) is 4.98 Å². The first-order valence-electron chi connectivity index (χ1n) is 3.88. The van der Waals surface area contributed by atoms with E-state index in [-0.39, 0.29) is 0 Å². The molecule has 0 unspecified atom stereocenters. The molecular formula is C8H9N5. The molecule has 0 spiro atoms. The van der Waals surface area contributed by atoms with Crippen LogP contribution in [0.15, 0.2) is 30.9 Å². The molecule has 2 N–H and O–H groups in total. The fourth-order valence-electron chi connectivity index (χ4n) is 1.06. The summed E-state index contributed by atoms with van der Waals surface area (Å²) in [5.41, 5.74) is 6.61. The Hall–Kier alpha value is -1.91. The fourth-order valence-corrected chi connectivity index (χ4v) is 1.06. The van der Waals surface area contributed by atoms with Crippen molar-refractivity contribution >= 4 is 5.95 Å². The van der Waals surface area contributed by atoms with Crippen molar-refractivity contribution in [2.75, 3.05) is 5.73 Å². The molecule has 0 aliphatic heterocycles. The van der Waals surface area contributed by atoms with Gasteiger partial charge in [0.1, 0.15) is 6.33 Å². The van der Waals surface area contributed by atoms with Crippen LogP contribution in [0.5, 0.6) is 0 Å². The Kier molecular flexibility index (Phi) is 1.91. The molecule has 13 heavy (non-hydrogen) atoms. The largest absolute Gasteiger partial charge is 0.368 e. The fraction of sp³-hybridized carbons (Fsp3) is 0.125. The third-order valence-electron chi connectivity index (χ3n) is 1.70. The number of nitrogens with two attached hydrogens (primary N) is 1. The van der Waals surface area contributed by atoms with Crippen molar-refractivity contribution in [1.29, 1.82) is 0 Å². The average molecular weight is 175 g/mol. The van der Waals surface area contributed by atoms with Gasteiger partial charge in [0.15, 0.2) is 0 Å². The smallest absolute Gasteiger partial charge is 0.218 e. The van der Waals surface area contributed by atoms with Gasteiger partial charge in [-0.25, -0.2) is 9.67 Å². The lowest BCUT2D eigenvalue weighted by atomic mass is 10.3. The molecule has 0 radical (unpaired) electrons. The quantitative estimate of drug-likeness (QED) is 0.712. The molecule has 0 aromatic carbocycles. The summed E-state index contributed by atoms with van der Waals surface area (Å²) in [6.07, 6.45) is 4.95. The second-order valence-electron chi connectivity index (χ2n) is 2.64. The van der Waals surface area contributed by atoms with Gasteiger partial charge in [0.2, 0.25) is 5.95 Å². The number of pyridine rings is 1. The zero-order valence-corrected chi connectivity index (χ0v) is 6.96. The summed E-state index contributed by atoms with van der Waals surface area (Å²) in [4.78, 5) is 7.81. The van der Waals surface area contributed by atoms with Gasteiger partial charge in [-0.2, -0.15) is 5.10 Å². The van der Waals surface area contributed by atoms with Crippen molar-refractivity contribution in [3.63, 3.8) is 0 Å². The molecule has 5 heteroatoms. The predicted molar refractivity (Wildman–Crippen MR) is 47.8 cm³/mol. The molecule has 0 saturated carbocycles. The second kappa shape index (κ2) is 3.22. The molecule has 2 aromatic rings. The van der Waals surface area contributed by atoms with E-state index in [1.54, 1.807) is 17.1 Å². The van der Waals surface area contributed by atoms with Crippen LogP contribution in [-0.4, -0.2) is 19.7 Å². The molecule has 66 valence electrons. The molecule has 0 amide bonds. The molecule has 0 aliphatic carbocycles. The SMILES string of the molecule is Nc1ncnn1Cc1cccnc1. The predicted octanol–water partition coefficient (Wildman–Crippen LogP) is 0.304. The lowest BCUT2D eigenvalue weighted by molar-refractivity contribution is 0.694. The van der Waals surface area contributed by atoms with Gasteiger partial charge in [0, 0.05) is 12.4 Å². The standard InChI is InChI=1S/C8H9N5/c9-8-11-6-12-13(8)5-7-2-1-3-10-4-7/h1-4,6H,5H2,(H2,9,11,12). The number of hydrogen-bond acceptors (Lipinski definition) is 4. The summed E-state index contributed by atoms with van der Waals surface area (Å²) in [7, 11) is 0. The van der Waals surface area contributed by atoms with Gasteiger partial charge in [0.25, 0.3) is 0 Å². The third-order valence-corrected chi connectivity index (χ3v) is 1.70. The highest BCUT2D eigenvalue weighted by molar-refractivity contribution is 5.16. The van der Waals surface area contributed by atoms with E-state index >= 15 is 0 Å². The molecule has 0 bridgehead atoms. The summed E-state index contributed by atoms with van der Waals surface area (Å²) >= 11 is 0. The Morgan fingerprint density at radius 1 is 1.46 bits per heavy atom. The second-order valence-corrected chi connectivity index (χ2v) is 2.64. The Morgan fingerprint density at radius 3 is 3.00 bits per heavy atom.